The number of rotatable bonds is 3. The molecule has 6 heteroatoms. The van der Waals surface area contributed by atoms with Crippen molar-refractivity contribution in [3.63, 3.8) is 0 Å². The Morgan fingerprint density at radius 1 is 1.39 bits per heavy atom. The molecule has 2 rings (SSSR count). The summed E-state index contributed by atoms with van der Waals surface area (Å²) in [7, 11) is -0.164. The maximum absolute atomic E-state index is 12.1. The van der Waals surface area contributed by atoms with Gasteiger partial charge in [0, 0.05) is 45.0 Å². The Bertz CT molecular complexity index is 487. The van der Waals surface area contributed by atoms with Crippen molar-refractivity contribution in [3.05, 3.63) is 30.1 Å². The zero-order valence-electron chi connectivity index (χ0n) is 10.8. The molecular formula is C12H19N3O2S. The van der Waals surface area contributed by atoms with E-state index < -0.39 is 10.2 Å². The molecule has 0 bridgehead atoms. The average molecular weight is 269 g/mol. The van der Waals surface area contributed by atoms with Gasteiger partial charge < -0.3 is 0 Å². The summed E-state index contributed by atoms with van der Waals surface area (Å²) in [6.07, 6.45) is 3.64. The van der Waals surface area contributed by atoms with Crippen LogP contribution in [0.3, 0.4) is 0 Å². The predicted molar refractivity (Wildman–Crippen MR) is 70.4 cm³/mol. The highest BCUT2D eigenvalue weighted by atomic mass is 32.2. The van der Waals surface area contributed by atoms with E-state index in [-0.39, 0.29) is 5.92 Å². The largest absolute Gasteiger partial charge is 0.281 e. The van der Waals surface area contributed by atoms with E-state index >= 15 is 0 Å². The first-order valence-electron chi connectivity index (χ1n) is 6.10. The van der Waals surface area contributed by atoms with Crippen LogP contribution in [0.15, 0.2) is 24.4 Å². The highest BCUT2D eigenvalue weighted by molar-refractivity contribution is 7.86. The minimum absolute atomic E-state index is 0.203. The molecule has 1 aliphatic heterocycles. The minimum Gasteiger partial charge on any atom is -0.261 e. The molecule has 2 heterocycles. The summed E-state index contributed by atoms with van der Waals surface area (Å²) in [6, 6.07) is 5.79. The van der Waals surface area contributed by atoms with Gasteiger partial charge in [-0.2, -0.15) is 17.0 Å². The number of pyridine rings is 1. The van der Waals surface area contributed by atoms with E-state index in [9.17, 15) is 8.42 Å². The molecule has 1 fully saturated rings. The molecule has 0 aliphatic carbocycles. The monoisotopic (exact) mass is 269 g/mol. The van der Waals surface area contributed by atoms with Gasteiger partial charge in [0.15, 0.2) is 0 Å². The van der Waals surface area contributed by atoms with Crippen LogP contribution in [0.4, 0.5) is 0 Å². The fraction of sp³-hybridized carbons (Fsp3) is 0.583. The second kappa shape index (κ2) is 5.34. The SMILES string of the molecule is CN(C)S(=O)(=O)N1CCC[C@H](c2ccccn2)C1. The lowest BCUT2D eigenvalue weighted by Crippen LogP contribution is -2.45. The van der Waals surface area contributed by atoms with Gasteiger partial charge in [-0.3, -0.25) is 4.98 Å². The summed E-state index contributed by atoms with van der Waals surface area (Å²) in [5.41, 5.74) is 0.983. The third-order valence-electron chi connectivity index (χ3n) is 3.28. The van der Waals surface area contributed by atoms with Crippen LogP contribution in [0, 0.1) is 0 Å². The summed E-state index contributed by atoms with van der Waals surface area (Å²) in [5, 5.41) is 0. The summed E-state index contributed by atoms with van der Waals surface area (Å²) < 4.78 is 27.0. The second-order valence-electron chi connectivity index (χ2n) is 4.74. The number of hydrogen-bond acceptors (Lipinski definition) is 3. The summed E-state index contributed by atoms with van der Waals surface area (Å²) >= 11 is 0. The topological polar surface area (TPSA) is 53.5 Å². The summed E-state index contributed by atoms with van der Waals surface area (Å²) in [4.78, 5) is 4.33. The molecule has 5 nitrogen and oxygen atoms in total. The van der Waals surface area contributed by atoms with Crippen LogP contribution in [0.25, 0.3) is 0 Å². The van der Waals surface area contributed by atoms with Crippen molar-refractivity contribution in [1.82, 2.24) is 13.6 Å². The highest BCUT2D eigenvalue weighted by Crippen LogP contribution is 2.27. The molecule has 1 atom stereocenters. The van der Waals surface area contributed by atoms with Gasteiger partial charge in [0.1, 0.15) is 0 Å². The molecule has 0 unspecified atom stereocenters. The number of aromatic nitrogens is 1. The van der Waals surface area contributed by atoms with Crippen molar-refractivity contribution in [3.8, 4) is 0 Å². The average Bonchev–Trinajstić information content (AvgIpc) is 2.40. The normalized spacial score (nSPS) is 22.3. The van der Waals surface area contributed by atoms with Crippen LogP contribution < -0.4 is 0 Å². The van der Waals surface area contributed by atoms with E-state index in [1.165, 1.54) is 4.31 Å². The zero-order chi connectivity index (χ0) is 13.2. The third kappa shape index (κ3) is 2.71. The first-order valence-corrected chi connectivity index (χ1v) is 7.50. The van der Waals surface area contributed by atoms with Gasteiger partial charge in [-0.1, -0.05) is 6.07 Å². The lowest BCUT2D eigenvalue weighted by Gasteiger charge is -2.33. The Morgan fingerprint density at radius 2 is 2.17 bits per heavy atom. The van der Waals surface area contributed by atoms with Gasteiger partial charge in [0.2, 0.25) is 0 Å². The van der Waals surface area contributed by atoms with Gasteiger partial charge in [-0.05, 0) is 25.0 Å². The van der Waals surface area contributed by atoms with Gasteiger partial charge in [0.05, 0.1) is 0 Å². The van der Waals surface area contributed by atoms with E-state index in [1.54, 1.807) is 24.6 Å². The van der Waals surface area contributed by atoms with Gasteiger partial charge >= 0.3 is 0 Å². The van der Waals surface area contributed by atoms with E-state index in [4.69, 9.17) is 0 Å². The standard InChI is InChI=1S/C12H19N3O2S/c1-14(2)18(16,17)15-9-5-6-11(10-15)12-7-3-4-8-13-12/h3-4,7-8,11H,5-6,9-10H2,1-2H3/t11-/m0/s1. The summed E-state index contributed by atoms with van der Waals surface area (Å²) in [5.74, 6) is 0.203. The van der Waals surface area contributed by atoms with Crippen molar-refractivity contribution in [2.75, 3.05) is 27.2 Å². The molecule has 0 saturated carbocycles. The lowest BCUT2D eigenvalue weighted by atomic mass is 9.96. The Balaban J connectivity index is 2.15. The van der Waals surface area contributed by atoms with Crippen LogP contribution in [-0.2, 0) is 10.2 Å². The van der Waals surface area contributed by atoms with Crippen LogP contribution >= 0.6 is 0 Å². The fourth-order valence-corrected chi connectivity index (χ4v) is 3.43. The van der Waals surface area contributed by atoms with Gasteiger partial charge in [-0.25, -0.2) is 0 Å². The highest BCUT2D eigenvalue weighted by Gasteiger charge is 2.31. The van der Waals surface area contributed by atoms with Gasteiger partial charge in [0.25, 0.3) is 10.2 Å². The molecule has 1 aliphatic rings. The van der Waals surface area contributed by atoms with Crippen LogP contribution in [0.5, 0.6) is 0 Å². The van der Waals surface area contributed by atoms with Crippen molar-refractivity contribution >= 4 is 10.2 Å². The molecule has 0 aromatic carbocycles. The zero-order valence-corrected chi connectivity index (χ0v) is 11.6. The van der Waals surface area contributed by atoms with Crippen molar-refractivity contribution in [1.29, 1.82) is 0 Å². The van der Waals surface area contributed by atoms with Gasteiger partial charge in [-0.15, -0.1) is 0 Å². The Labute approximate surface area is 109 Å². The Kier molecular flexibility index (Phi) is 3.99. The van der Waals surface area contributed by atoms with E-state index in [1.807, 2.05) is 18.2 Å². The molecule has 1 aromatic heterocycles. The molecule has 0 spiro atoms. The number of hydrogen-bond donors (Lipinski definition) is 0. The van der Waals surface area contributed by atoms with E-state index in [0.29, 0.717) is 13.1 Å². The maximum atomic E-state index is 12.1. The van der Waals surface area contributed by atoms with E-state index in [0.717, 1.165) is 18.5 Å². The molecule has 0 radical (unpaired) electrons. The first-order chi connectivity index (χ1) is 8.51. The maximum Gasteiger partial charge on any atom is 0.281 e. The minimum atomic E-state index is -3.30. The third-order valence-corrected chi connectivity index (χ3v) is 5.19. The van der Waals surface area contributed by atoms with Crippen LogP contribution in [0.2, 0.25) is 0 Å². The molecule has 1 saturated heterocycles. The van der Waals surface area contributed by atoms with Crippen molar-refractivity contribution in [2.24, 2.45) is 0 Å². The smallest absolute Gasteiger partial charge is 0.261 e. The molecule has 0 N–H and O–H groups in total. The Morgan fingerprint density at radius 3 is 2.78 bits per heavy atom. The first kappa shape index (κ1) is 13.5. The predicted octanol–water partition coefficient (Wildman–Crippen LogP) is 1.07. The molecular weight excluding hydrogens is 250 g/mol. The quantitative estimate of drug-likeness (QED) is 0.824. The van der Waals surface area contributed by atoms with E-state index in [2.05, 4.69) is 4.98 Å². The molecule has 0 amide bonds. The number of piperidine rings is 1. The van der Waals surface area contributed by atoms with Crippen molar-refractivity contribution in [2.45, 2.75) is 18.8 Å². The van der Waals surface area contributed by atoms with Crippen LogP contribution in [0.1, 0.15) is 24.5 Å². The lowest BCUT2D eigenvalue weighted by molar-refractivity contribution is 0.296. The van der Waals surface area contributed by atoms with Crippen LogP contribution in [-0.4, -0.2) is 49.2 Å². The summed E-state index contributed by atoms with van der Waals surface area (Å²) in [6.45, 7) is 1.13. The Hall–Kier alpha value is -0.980. The molecule has 1 aromatic rings. The fourth-order valence-electron chi connectivity index (χ4n) is 2.24. The second-order valence-corrected chi connectivity index (χ2v) is 6.88. The molecule has 100 valence electrons. The van der Waals surface area contributed by atoms with Crippen molar-refractivity contribution < 1.29 is 8.42 Å². The molecule has 18 heavy (non-hydrogen) atoms. The number of nitrogens with zero attached hydrogens (tertiary/aromatic N) is 3.